The van der Waals surface area contributed by atoms with E-state index in [0.717, 1.165) is 39.8 Å². The summed E-state index contributed by atoms with van der Waals surface area (Å²) in [6.07, 6.45) is -2.43. The Labute approximate surface area is 247 Å². The van der Waals surface area contributed by atoms with Crippen LogP contribution in [0.15, 0.2) is 72.8 Å². The van der Waals surface area contributed by atoms with Gasteiger partial charge in [-0.15, -0.1) is 0 Å². The minimum absolute atomic E-state index is 0.446. The predicted molar refractivity (Wildman–Crippen MR) is 163 cm³/mol. The SMILES string of the molecule is CC1(C)OB(c2ccc(/C=C(/c3ccc(B4OC(C)(C)C(C)(C)O4)cc3)c3ccc(C(F)(F)F)cc3)cc2)OC1(C)C. The van der Waals surface area contributed by atoms with Gasteiger partial charge in [0.2, 0.25) is 0 Å². The monoisotopic (exact) mass is 576 g/mol. The molecule has 0 amide bonds. The number of halogens is 3. The third-order valence-electron chi connectivity index (χ3n) is 9.04. The Bertz CT molecular complexity index is 1430. The maximum Gasteiger partial charge on any atom is 0.494 e. The highest BCUT2D eigenvalue weighted by Gasteiger charge is 2.52. The smallest absolute Gasteiger partial charge is 0.399 e. The lowest BCUT2D eigenvalue weighted by atomic mass is 9.78. The third kappa shape index (κ3) is 5.85. The molecule has 0 bridgehead atoms. The van der Waals surface area contributed by atoms with Gasteiger partial charge in [0.1, 0.15) is 0 Å². The average Bonchev–Trinajstić information content (AvgIpc) is 3.26. The van der Waals surface area contributed by atoms with Gasteiger partial charge in [-0.1, -0.05) is 60.7 Å². The molecular formula is C33H37B2F3O4. The van der Waals surface area contributed by atoms with E-state index >= 15 is 0 Å². The molecule has 2 saturated heterocycles. The van der Waals surface area contributed by atoms with Crippen molar-refractivity contribution in [1.82, 2.24) is 0 Å². The van der Waals surface area contributed by atoms with Crippen LogP contribution in [0, 0.1) is 0 Å². The van der Waals surface area contributed by atoms with Gasteiger partial charge < -0.3 is 18.6 Å². The molecule has 42 heavy (non-hydrogen) atoms. The van der Waals surface area contributed by atoms with Crippen molar-refractivity contribution < 1.29 is 31.8 Å². The second-order valence-corrected chi connectivity index (χ2v) is 13.1. The maximum absolute atomic E-state index is 13.3. The van der Waals surface area contributed by atoms with Crippen LogP contribution in [0.4, 0.5) is 13.2 Å². The topological polar surface area (TPSA) is 36.9 Å². The van der Waals surface area contributed by atoms with E-state index in [9.17, 15) is 13.2 Å². The molecule has 2 heterocycles. The molecule has 0 spiro atoms. The highest BCUT2D eigenvalue weighted by Crippen LogP contribution is 2.38. The summed E-state index contributed by atoms with van der Waals surface area (Å²) >= 11 is 0. The summed E-state index contributed by atoms with van der Waals surface area (Å²) in [5, 5.41) is 0. The van der Waals surface area contributed by atoms with Crippen LogP contribution in [-0.4, -0.2) is 36.6 Å². The minimum Gasteiger partial charge on any atom is -0.399 e. The molecule has 3 aromatic rings. The molecular weight excluding hydrogens is 539 g/mol. The van der Waals surface area contributed by atoms with E-state index in [1.807, 2.05) is 110 Å². The molecule has 0 saturated carbocycles. The van der Waals surface area contributed by atoms with Gasteiger partial charge in [0.15, 0.2) is 0 Å². The highest BCUT2D eigenvalue weighted by molar-refractivity contribution is 6.62. The first-order valence-corrected chi connectivity index (χ1v) is 14.2. The Morgan fingerprint density at radius 2 is 0.881 bits per heavy atom. The molecule has 2 fully saturated rings. The Kier molecular flexibility index (Phi) is 7.58. The van der Waals surface area contributed by atoms with Crippen molar-refractivity contribution in [2.24, 2.45) is 0 Å². The van der Waals surface area contributed by atoms with Gasteiger partial charge in [-0.05, 0) is 107 Å². The summed E-state index contributed by atoms with van der Waals surface area (Å²) in [6.45, 7) is 16.1. The zero-order valence-corrected chi connectivity index (χ0v) is 25.4. The van der Waals surface area contributed by atoms with Gasteiger partial charge in [-0.3, -0.25) is 0 Å². The molecule has 4 nitrogen and oxygen atoms in total. The fraction of sp³-hybridized carbons (Fsp3) is 0.394. The van der Waals surface area contributed by atoms with Crippen LogP contribution in [0.2, 0.25) is 0 Å². The minimum atomic E-state index is -4.41. The average molecular weight is 576 g/mol. The fourth-order valence-corrected chi connectivity index (χ4v) is 4.87. The van der Waals surface area contributed by atoms with E-state index in [1.54, 1.807) is 0 Å². The Morgan fingerprint density at radius 3 is 1.24 bits per heavy atom. The Hall–Kier alpha value is -2.84. The largest absolute Gasteiger partial charge is 0.494 e. The van der Waals surface area contributed by atoms with Gasteiger partial charge in [-0.25, -0.2) is 0 Å². The van der Waals surface area contributed by atoms with Gasteiger partial charge in [0.05, 0.1) is 28.0 Å². The molecule has 0 atom stereocenters. The number of alkyl halides is 3. The first-order valence-electron chi connectivity index (χ1n) is 14.2. The lowest BCUT2D eigenvalue weighted by Crippen LogP contribution is -2.41. The van der Waals surface area contributed by atoms with Crippen molar-refractivity contribution in [2.75, 3.05) is 0 Å². The number of rotatable bonds is 5. The lowest BCUT2D eigenvalue weighted by Gasteiger charge is -2.32. The van der Waals surface area contributed by atoms with Crippen LogP contribution in [0.3, 0.4) is 0 Å². The van der Waals surface area contributed by atoms with Crippen LogP contribution >= 0.6 is 0 Å². The van der Waals surface area contributed by atoms with Crippen LogP contribution in [-0.2, 0) is 24.8 Å². The molecule has 0 N–H and O–H groups in total. The first-order chi connectivity index (χ1) is 19.4. The maximum atomic E-state index is 13.3. The van der Waals surface area contributed by atoms with Crippen molar-refractivity contribution in [3.8, 4) is 0 Å². The number of benzene rings is 3. The molecule has 9 heteroatoms. The van der Waals surface area contributed by atoms with Crippen LogP contribution in [0.5, 0.6) is 0 Å². The molecule has 0 radical (unpaired) electrons. The molecule has 220 valence electrons. The quantitative estimate of drug-likeness (QED) is 0.245. The second-order valence-electron chi connectivity index (χ2n) is 13.1. The van der Waals surface area contributed by atoms with Crippen LogP contribution < -0.4 is 10.9 Å². The van der Waals surface area contributed by atoms with Gasteiger partial charge in [0, 0.05) is 0 Å². The highest BCUT2D eigenvalue weighted by atomic mass is 19.4. The molecule has 0 aromatic heterocycles. The van der Waals surface area contributed by atoms with Crippen LogP contribution in [0.25, 0.3) is 11.6 Å². The summed E-state index contributed by atoms with van der Waals surface area (Å²) in [5.74, 6) is 0. The lowest BCUT2D eigenvalue weighted by molar-refractivity contribution is -0.137. The summed E-state index contributed by atoms with van der Waals surface area (Å²) in [7, 11) is -0.991. The van der Waals surface area contributed by atoms with E-state index < -0.39 is 48.4 Å². The van der Waals surface area contributed by atoms with Crippen molar-refractivity contribution in [1.29, 1.82) is 0 Å². The number of hydrogen-bond donors (Lipinski definition) is 0. The van der Waals surface area contributed by atoms with Gasteiger partial charge in [0.25, 0.3) is 0 Å². The summed E-state index contributed by atoms with van der Waals surface area (Å²) in [4.78, 5) is 0. The predicted octanol–water partition coefficient (Wildman–Crippen LogP) is 6.89. The normalized spacial score (nSPS) is 21.2. The fourth-order valence-electron chi connectivity index (χ4n) is 4.87. The van der Waals surface area contributed by atoms with E-state index in [4.69, 9.17) is 18.6 Å². The van der Waals surface area contributed by atoms with Crippen molar-refractivity contribution >= 4 is 36.8 Å². The second kappa shape index (κ2) is 10.4. The number of hydrogen-bond acceptors (Lipinski definition) is 4. The first kappa shape index (κ1) is 30.6. The van der Waals surface area contributed by atoms with Crippen molar-refractivity contribution in [3.05, 3.63) is 95.1 Å². The summed E-state index contributed by atoms with van der Waals surface area (Å²) < 4.78 is 64.6. The van der Waals surface area contributed by atoms with Crippen molar-refractivity contribution in [3.63, 3.8) is 0 Å². The van der Waals surface area contributed by atoms with E-state index in [-0.39, 0.29) is 0 Å². The summed E-state index contributed by atoms with van der Waals surface area (Å²) in [5.41, 5.74) is 2.45. The third-order valence-corrected chi connectivity index (χ3v) is 9.04. The van der Waals surface area contributed by atoms with Crippen LogP contribution in [0.1, 0.15) is 77.6 Å². The van der Waals surface area contributed by atoms with E-state index in [0.29, 0.717) is 5.56 Å². The molecule has 0 aliphatic carbocycles. The molecule has 0 unspecified atom stereocenters. The van der Waals surface area contributed by atoms with Crippen molar-refractivity contribution in [2.45, 2.75) is 84.0 Å². The van der Waals surface area contributed by atoms with E-state index in [1.165, 1.54) is 12.1 Å². The molecule has 5 rings (SSSR count). The molecule has 3 aromatic carbocycles. The van der Waals surface area contributed by atoms with Gasteiger partial charge >= 0.3 is 20.4 Å². The van der Waals surface area contributed by atoms with Gasteiger partial charge in [-0.2, -0.15) is 13.2 Å². The van der Waals surface area contributed by atoms with E-state index in [2.05, 4.69) is 0 Å². The zero-order chi connectivity index (χ0) is 30.7. The Balaban J connectivity index is 1.47. The Morgan fingerprint density at radius 1 is 0.548 bits per heavy atom. The zero-order valence-electron chi connectivity index (χ0n) is 25.4. The standard InChI is InChI=1S/C33H37B2F3O4/c1-29(2)30(3,4)40-34(39-29)26-17-9-22(10-18-26)21-28(23-11-15-25(16-12-23)33(36,37)38)24-13-19-27(20-14-24)35-41-31(5,6)32(7,8)42-35/h9-21H,1-8H3/b28-21+. The molecule has 2 aliphatic rings. The molecule has 2 aliphatic heterocycles. The summed E-state index contributed by atoms with van der Waals surface area (Å²) in [6, 6.07) is 20.9.